The molecule has 3 rings (SSSR count). The fraction of sp³-hybridized carbons (Fsp3) is 0.333. The first-order valence-electron chi connectivity index (χ1n) is 8.09. The van der Waals surface area contributed by atoms with Crippen molar-refractivity contribution in [2.75, 3.05) is 0 Å². The molecule has 1 N–H and O–H groups in total. The molecule has 1 unspecified atom stereocenters. The normalized spacial score (nSPS) is 20.3. The number of benzene rings is 1. The summed E-state index contributed by atoms with van der Waals surface area (Å²) in [5.41, 5.74) is -2.19. The van der Waals surface area contributed by atoms with Crippen LogP contribution in [0.1, 0.15) is 29.7 Å². The highest BCUT2D eigenvalue weighted by Gasteiger charge is 2.53. The molecule has 8 heteroatoms. The maximum Gasteiger partial charge on any atom is 0.431 e. The number of carbonyl (C=O) groups is 1. The summed E-state index contributed by atoms with van der Waals surface area (Å²) in [6.07, 6.45) is -4.38. The summed E-state index contributed by atoms with van der Waals surface area (Å²) in [5.74, 6) is -0.629. The van der Waals surface area contributed by atoms with Gasteiger partial charge < -0.3 is 5.11 Å². The van der Waals surface area contributed by atoms with E-state index in [4.69, 9.17) is 0 Å². The summed E-state index contributed by atoms with van der Waals surface area (Å²) < 4.78 is 39.2. The first-order chi connectivity index (χ1) is 12.3. The Balaban J connectivity index is 1.75. The van der Waals surface area contributed by atoms with Gasteiger partial charge in [-0.15, -0.1) is 11.3 Å². The predicted molar refractivity (Wildman–Crippen MR) is 92.5 cm³/mol. The molecule has 1 atom stereocenters. The van der Waals surface area contributed by atoms with E-state index < -0.39 is 29.9 Å². The molecule has 0 saturated carbocycles. The Morgan fingerprint density at radius 3 is 2.58 bits per heavy atom. The average Bonchev–Trinajstić information content (AvgIpc) is 3.24. The van der Waals surface area contributed by atoms with Crippen LogP contribution in [0.25, 0.3) is 0 Å². The lowest BCUT2D eigenvalue weighted by atomic mass is 10.0. The molecule has 0 radical (unpaired) electrons. The molecular formula is C18H17F3N2O2S. The van der Waals surface area contributed by atoms with Crippen LogP contribution >= 0.6 is 11.3 Å². The minimum Gasteiger partial charge on any atom is -0.364 e. The molecule has 4 nitrogen and oxygen atoms in total. The third-order valence-electron chi connectivity index (χ3n) is 4.16. The van der Waals surface area contributed by atoms with Gasteiger partial charge in [-0.1, -0.05) is 36.4 Å². The number of aliphatic hydroxyl groups is 1. The highest BCUT2D eigenvalue weighted by Crippen LogP contribution is 2.41. The smallest absolute Gasteiger partial charge is 0.364 e. The van der Waals surface area contributed by atoms with E-state index in [9.17, 15) is 23.1 Å². The molecule has 0 bridgehead atoms. The van der Waals surface area contributed by atoms with E-state index in [1.165, 1.54) is 6.07 Å². The van der Waals surface area contributed by atoms with Crippen LogP contribution in [0.4, 0.5) is 13.2 Å². The van der Waals surface area contributed by atoms with Gasteiger partial charge in [-0.3, -0.25) is 4.79 Å². The van der Waals surface area contributed by atoms with Crippen LogP contribution in [0.3, 0.4) is 0 Å². The van der Waals surface area contributed by atoms with E-state index in [1.807, 2.05) is 30.3 Å². The van der Waals surface area contributed by atoms with E-state index in [2.05, 4.69) is 5.10 Å². The van der Waals surface area contributed by atoms with Gasteiger partial charge in [0.2, 0.25) is 11.6 Å². The number of alkyl halides is 3. The third-order valence-corrected chi connectivity index (χ3v) is 5.17. The number of hydrogen-bond acceptors (Lipinski definition) is 4. The van der Waals surface area contributed by atoms with E-state index in [-0.39, 0.29) is 11.3 Å². The first-order valence-corrected chi connectivity index (χ1v) is 8.97. The van der Waals surface area contributed by atoms with Gasteiger partial charge in [-0.25, -0.2) is 0 Å². The molecule has 1 aromatic heterocycles. The lowest BCUT2D eigenvalue weighted by Gasteiger charge is -2.30. The molecule has 0 spiro atoms. The van der Waals surface area contributed by atoms with Crippen molar-refractivity contribution in [1.82, 2.24) is 5.01 Å². The molecular weight excluding hydrogens is 365 g/mol. The van der Waals surface area contributed by atoms with Crippen molar-refractivity contribution in [3.8, 4) is 0 Å². The minimum absolute atomic E-state index is 0.00276. The molecule has 1 aliphatic heterocycles. The molecule has 26 heavy (non-hydrogen) atoms. The number of carbonyl (C=O) groups excluding carboxylic acids is 1. The SMILES string of the molecule is O=C(CCCc1ccccc1)N1N=C(C(F)(F)F)CC1(O)c1cccs1. The zero-order valence-corrected chi connectivity index (χ0v) is 14.6. The highest BCUT2D eigenvalue weighted by molar-refractivity contribution is 7.10. The quantitative estimate of drug-likeness (QED) is 0.848. The largest absolute Gasteiger partial charge is 0.431 e. The molecule has 0 saturated heterocycles. The molecule has 1 aliphatic rings. The Bertz CT molecular complexity index is 791. The lowest BCUT2D eigenvalue weighted by molar-refractivity contribution is -0.157. The van der Waals surface area contributed by atoms with E-state index in [0.29, 0.717) is 17.9 Å². The monoisotopic (exact) mass is 382 g/mol. The Labute approximate surface area is 152 Å². The summed E-state index contributed by atoms with van der Waals surface area (Å²) in [7, 11) is 0. The maximum absolute atomic E-state index is 13.1. The number of hydrazone groups is 1. The highest BCUT2D eigenvalue weighted by atomic mass is 32.1. The van der Waals surface area contributed by atoms with Crippen molar-refractivity contribution < 1.29 is 23.1 Å². The molecule has 0 fully saturated rings. The zero-order valence-electron chi connectivity index (χ0n) is 13.7. The van der Waals surface area contributed by atoms with Crippen LogP contribution in [0.15, 0.2) is 52.9 Å². The van der Waals surface area contributed by atoms with Crippen LogP contribution in [0.5, 0.6) is 0 Å². The van der Waals surface area contributed by atoms with Crippen LogP contribution in [-0.2, 0) is 16.9 Å². The number of amides is 1. The molecule has 2 heterocycles. The average molecular weight is 382 g/mol. The van der Waals surface area contributed by atoms with Crippen molar-refractivity contribution >= 4 is 23.0 Å². The fourth-order valence-electron chi connectivity index (χ4n) is 2.86. The minimum atomic E-state index is -4.69. The van der Waals surface area contributed by atoms with Gasteiger partial charge in [0.25, 0.3) is 0 Å². The van der Waals surface area contributed by atoms with Gasteiger partial charge in [0.15, 0.2) is 0 Å². The Morgan fingerprint density at radius 1 is 1.23 bits per heavy atom. The van der Waals surface area contributed by atoms with Crippen LogP contribution < -0.4 is 0 Å². The second kappa shape index (κ2) is 7.20. The standard InChI is InChI=1S/C18H17F3N2O2S/c19-18(20,21)14-12-17(25,15-9-5-11-26-15)23(22-14)16(24)10-4-8-13-6-2-1-3-7-13/h1-3,5-7,9,11,25H,4,8,10,12H2. The number of halogens is 3. The summed E-state index contributed by atoms with van der Waals surface area (Å²) in [4.78, 5) is 12.8. The topological polar surface area (TPSA) is 52.9 Å². The molecule has 1 amide bonds. The predicted octanol–water partition coefficient (Wildman–Crippen LogP) is 4.07. The summed E-state index contributed by atoms with van der Waals surface area (Å²) >= 11 is 1.09. The van der Waals surface area contributed by atoms with E-state index in [1.54, 1.807) is 11.4 Å². The Morgan fingerprint density at radius 2 is 1.96 bits per heavy atom. The van der Waals surface area contributed by atoms with Gasteiger partial charge in [-0.2, -0.15) is 23.3 Å². The summed E-state index contributed by atoms with van der Waals surface area (Å²) in [6, 6.07) is 12.6. The number of thiophene rings is 1. The zero-order chi connectivity index (χ0) is 18.8. The number of rotatable bonds is 5. The molecule has 138 valence electrons. The van der Waals surface area contributed by atoms with Crippen molar-refractivity contribution in [2.24, 2.45) is 5.10 Å². The molecule has 1 aromatic carbocycles. The van der Waals surface area contributed by atoms with Gasteiger partial charge in [0, 0.05) is 6.42 Å². The lowest BCUT2D eigenvalue weighted by Crippen LogP contribution is -2.43. The Hall–Kier alpha value is -2.19. The number of aryl methyl sites for hydroxylation is 1. The van der Waals surface area contributed by atoms with Crippen LogP contribution in [0, 0.1) is 0 Å². The van der Waals surface area contributed by atoms with Gasteiger partial charge >= 0.3 is 6.18 Å². The molecule has 0 aliphatic carbocycles. The number of nitrogens with zero attached hydrogens (tertiary/aromatic N) is 2. The van der Waals surface area contributed by atoms with Crippen molar-refractivity contribution in [3.63, 3.8) is 0 Å². The fourth-order valence-corrected chi connectivity index (χ4v) is 3.67. The van der Waals surface area contributed by atoms with E-state index >= 15 is 0 Å². The summed E-state index contributed by atoms with van der Waals surface area (Å²) in [5, 5.41) is 16.5. The van der Waals surface area contributed by atoms with Gasteiger partial charge in [-0.05, 0) is 29.9 Å². The van der Waals surface area contributed by atoms with Gasteiger partial charge in [0.05, 0.1) is 11.3 Å². The second-order valence-corrected chi connectivity index (χ2v) is 7.01. The third kappa shape index (κ3) is 3.81. The van der Waals surface area contributed by atoms with Gasteiger partial charge in [0.1, 0.15) is 5.71 Å². The van der Waals surface area contributed by atoms with E-state index in [0.717, 1.165) is 16.9 Å². The van der Waals surface area contributed by atoms with Crippen LogP contribution in [0.2, 0.25) is 0 Å². The van der Waals surface area contributed by atoms with Crippen molar-refractivity contribution in [3.05, 3.63) is 58.3 Å². The van der Waals surface area contributed by atoms with Crippen LogP contribution in [-0.4, -0.2) is 27.9 Å². The Kier molecular flexibility index (Phi) is 5.15. The maximum atomic E-state index is 13.1. The summed E-state index contributed by atoms with van der Waals surface area (Å²) in [6.45, 7) is 0. The number of hydrogen-bond donors (Lipinski definition) is 1. The van der Waals surface area contributed by atoms with Crippen molar-refractivity contribution in [2.45, 2.75) is 37.6 Å². The molecule has 2 aromatic rings. The first kappa shape index (κ1) is 18.6. The second-order valence-electron chi connectivity index (χ2n) is 6.06. The van der Waals surface area contributed by atoms with Crippen molar-refractivity contribution in [1.29, 1.82) is 0 Å².